The summed E-state index contributed by atoms with van der Waals surface area (Å²) in [5, 5.41) is 3.73. The molecule has 8 heteroatoms. The summed E-state index contributed by atoms with van der Waals surface area (Å²) >= 11 is 14.2. The first-order chi connectivity index (χ1) is 16.9. The Morgan fingerprint density at radius 3 is 2.23 bits per heavy atom. The van der Waals surface area contributed by atoms with E-state index in [1.165, 1.54) is 23.9 Å². The predicted octanol–water partition coefficient (Wildman–Crippen LogP) is 6.14. The molecule has 35 heavy (non-hydrogen) atoms. The van der Waals surface area contributed by atoms with Crippen molar-refractivity contribution in [1.29, 1.82) is 0 Å². The number of thioether (sulfide) groups is 1. The van der Waals surface area contributed by atoms with Gasteiger partial charge >= 0.3 is 0 Å². The zero-order valence-corrected chi connectivity index (χ0v) is 21.7. The van der Waals surface area contributed by atoms with Crippen LogP contribution in [0.15, 0.2) is 72.8 Å². The van der Waals surface area contributed by atoms with Crippen LogP contribution in [0.2, 0.25) is 10.0 Å². The monoisotopic (exact) mass is 532 g/mol. The van der Waals surface area contributed by atoms with Crippen molar-refractivity contribution in [2.45, 2.75) is 31.7 Å². The molecule has 0 radical (unpaired) electrons. The van der Waals surface area contributed by atoms with Crippen molar-refractivity contribution in [2.75, 3.05) is 12.3 Å². The summed E-state index contributed by atoms with van der Waals surface area (Å²) in [7, 11) is 0. The molecular weight excluding hydrogens is 506 g/mol. The molecule has 0 aliphatic heterocycles. The summed E-state index contributed by atoms with van der Waals surface area (Å²) in [4.78, 5) is 28.3. The minimum atomic E-state index is -0.747. The van der Waals surface area contributed by atoms with Crippen LogP contribution in [0.4, 0.5) is 4.39 Å². The summed E-state index contributed by atoms with van der Waals surface area (Å²) in [6, 6.07) is 20.2. The normalized spacial score (nSPS) is 11.7. The van der Waals surface area contributed by atoms with E-state index in [4.69, 9.17) is 23.2 Å². The molecule has 0 saturated heterocycles. The lowest BCUT2D eigenvalue weighted by molar-refractivity contribution is -0.139. The molecule has 0 saturated carbocycles. The van der Waals surface area contributed by atoms with E-state index >= 15 is 0 Å². The van der Waals surface area contributed by atoms with Gasteiger partial charge in [-0.1, -0.05) is 71.7 Å². The van der Waals surface area contributed by atoms with E-state index in [0.717, 1.165) is 11.1 Å². The van der Waals surface area contributed by atoms with E-state index in [0.29, 0.717) is 34.3 Å². The third kappa shape index (κ3) is 7.99. The molecular formula is C27H27Cl2FN2O2S. The van der Waals surface area contributed by atoms with Gasteiger partial charge in [0.1, 0.15) is 11.9 Å². The van der Waals surface area contributed by atoms with Crippen molar-refractivity contribution in [3.8, 4) is 0 Å². The lowest BCUT2D eigenvalue weighted by Gasteiger charge is -2.32. The van der Waals surface area contributed by atoms with Crippen LogP contribution in [-0.4, -0.2) is 35.1 Å². The van der Waals surface area contributed by atoms with Crippen molar-refractivity contribution < 1.29 is 14.0 Å². The maximum Gasteiger partial charge on any atom is 0.243 e. The third-order valence-electron chi connectivity index (χ3n) is 5.42. The van der Waals surface area contributed by atoms with Gasteiger partial charge in [0.05, 0.1) is 5.75 Å². The minimum absolute atomic E-state index is 0.100. The lowest BCUT2D eigenvalue weighted by Crippen LogP contribution is -2.51. The Morgan fingerprint density at radius 2 is 1.60 bits per heavy atom. The average Bonchev–Trinajstić information content (AvgIpc) is 2.85. The fourth-order valence-electron chi connectivity index (χ4n) is 3.62. The van der Waals surface area contributed by atoms with Gasteiger partial charge in [-0.2, -0.15) is 0 Å². The number of carbonyl (C=O) groups excluding carboxylic acids is 2. The summed E-state index contributed by atoms with van der Waals surface area (Å²) < 4.78 is 13.2. The molecule has 0 aliphatic carbocycles. The highest BCUT2D eigenvalue weighted by molar-refractivity contribution is 7.99. The first-order valence-corrected chi connectivity index (χ1v) is 13.2. The molecule has 0 spiro atoms. The molecule has 0 bridgehead atoms. The van der Waals surface area contributed by atoms with E-state index < -0.39 is 6.04 Å². The summed E-state index contributed by atoms with van der Waals surface area (Å²) in [5.41, 5.74) is 2.44. The van der Waals surface area contributed by atoms with Gasteiger partial charge in [0, 0.05) is 40.9 Å². The number of halogens is 3. The van der Waals surface area contributed by atoms with Gasteiger partial charge in [-0.15, -0.1) is 11.8 Å². The van der Waals surface area contributed by atoms with Crippen molar-refractivity contribution in [2.24, 2.45) is 0 Å². The van der Waals surface area contributed by atoms with Crippen LogP contribution >= 0.6 is 35.0 Å². The maximum absolute atomic E-state index is 13.5. The Labute approximate surface area is 219 Å². The minimum Gasteiger partial charge on any atom is -0.355 e. The number of hydrogen-bond acceptors (Lipinski definition) is 3. The SMILES string of the molecule is CCNC(=O)[C@@H](Cc1ccccc1)N(Cc1c(Cl)cccc1Cl)C(=O)CSCc1ccc(F)cc1. The topological polar surface area (TPSA) is 49.4 Å². The maximum atomic E-state index is 13.5. The molecule has 3 aromatic rings. The highest BCUT2D eigenvalue weighted by Gasteiger charge is 2.31. The second-order valence-electron chi connectivity index (χ2n) is 7.94. The third-order valence-corrected chi connectivity index (χ3v) is 7.12. The Kier molecular flexibility index (Phi) is 10.5. The van der Waals surface area contributed by atoms with Crippen LogP contribution in [0.3, 0.4) is 0 Å². The van der Waals surface area contributed by atoms with Gasteiger partial charge in [-0.05, 0) is 42.3 Å². The number of carbonyl (C=O) groups is 2. The highest BCUT2D eigenvalue weighted by atomic mass is 35.5. The number of nitrogens with one attached hydrogen (secondary N) is 1. The van der Waals surface area contributed by atoms with Gasteiger partial charge in [-0.25, -0.2) is 4.39 Å². The zero-order valence-electron chi connectivity index (χ0n) is 19.3. The van der Waals surface area contributed by atoms with E-state index in [-0.39, 0.29) is 29.9 Å². The quantitative estimate of drug-likeness (QED) is 0.322. The van der Waals surface area contributed by atoms with Crippen LogP contribution in [0.1, 0.15) is 23.6 Å². The Morgan fingerprint density at radius 1 is 0.943 bits per heavy atom. The summed E-state index contributed by atoms with van der Waals surface area (Å²) in [5.74, 6) is -0.0681. The molecule has 184 valence electrons. The molecule has 2 amide bonds. The van der Waals surface area contributed by atoms with Crippen molar-refractivity contribution in [3.63, 3.8) is 0 Å². The van der Waals surface area contributed by atoms with Gasteiger partial charge < -0.3 is 10.2 Å². The number of amides is 2. The Balaban J connectivity index is 1.86. The first kappa shape index (κ1) is 27.1. The van der Waals surface area contributed by atoms with Gasteiger partial charge in [0.25, 0.3) is 0 Å². The first-order valence-electron chi connectivity index (χ1n) is 11.2. The molecule has 0 aliphatic rings. The molecule has 0 fully saturated rings. The van der Waals surface area contributed by atoms with Gasteiger partial charge in [-0.3, -0.25) is 9.59 Å². The standard InChI is InChI=1S/C27H27Cl2FN2O2S/c1-2-31-27(34)25(15-19-7-4-3-5-8-19)32(16-22-23(28)9-6-10-24(22)29)26(33)18-35-17-20-11-13-21(30)14-12-20/h3-14,25H,2,15-18H2,1H3,(H,31,34)/t25-/m1/s1. The molecule has 0 aromatic heterocycles. The van der Waals surface area contributed by atoms with E-state index in [2.05, 4.69) is 5.32 Å². The van der Waals surface area contributed by atoms with E-state index in [1.54, 1.807) is 35.2 Å². The van der Waals surface area contributed by atoms with Crippen LogP contribution in [-0.2, 0) is 28.3 Å². The van der Waals surface area contributed by atoms with Crippen molar-refractivity contribution in [3.05, 3.63) is 105 Å². The summed E-state index contributed by atoms with van der Waals surface area (Å²) in [6.07, 6.45) is 0.350. The Hall–Kier alpha value is -2.54. The molecule has 0 unspecified atom stereocenters. The second-order valence-corrected chi connectivity index (χ2v) is 9.74. The molecule has 3 rings (SSSR count). The zero-order chi connectivity index (χ0) is 25.2. The van der Waals surface area contributed by atoms with Crippen LogP contribution in [0, 0.1) is 5.82 Å². The fourth-order valence-corrected chi connectivity index (χ4v) is 5.01. The smallest absolute Gasteiger partial charge is 0.243 e. The second kappa shape index (κ2) is 13.5. The largest absolute Gasteiger partial charge is 0.355 e. The number of nitrogens with zero attached hydrogens (tertiary/aromatic N) is 1. The molecule has 1 N–H and O–H groups in total. The average molecular weight is 533 g/mol. The van der Waals surface area contributed by atoms with Crippen molar-refractivity contribution in [1.82, 2.24) is 10.2 Å². The lowest BCUT2D eigenvalue weighted by atomic mass is 10.0. The van der Waals surface area contributed by atoms with Crippen molar-refractivity contribution >= 4 is 46.8 Å². The van der Waals surface area contributed by atoms with Crippen LogP contribution in [0.25, 0.3) is 0 Å². The van der Waals surface area contributed by atoms with Crippen LogP contribution < -0.4 is 5.32 Å². The van der Waals surface area contributed by atoms with Crippen LogP contribution in [0.5, 0.6) is 0 Å². The fraction of sp³-hybridized carbons (Fsp3) is 0.259. The van der Waals surface area contributed by atoms with Gasteiger partial charge in [0.15, 0.2) is 0 Å². The molecule has 0 heterocycles. The number of benzene rings is 3. The predicted molar refractivity (Wildman–Crippen MR) is 142 cm³/mol. The van der Waals surface area contributed by atoms with E-state index in [1.807, 2.05) is 37.3 Å². The Bertz CT molecular complexity index is 1110. The number of likely N-dealkylation sites (N-methyl/N-ethyl adjacent to an activating group) is 1. The molecule has 1 atom stereocenters. The highest BCUT2D eigenvalue weighted by Crippen LogP contribution is 2.28. The molecule has 4 nitrogen and oxygen atoms in total. The molecule has 3 aromatic carbocycles. The van der Waals surface area contributed by atoms with E-state index in [9.17, 15) is 14.0 Å². The summed E-state index contributed by atoms with van der Waals surface area (Å²) in [6.45, 7) is 2.38. The number of hydrogen-bond donors (Lipinski definition) is 1. The number of rotatable bonds is 11. The van der Waals surface area contributed by atoms with Gasteiger partial charge in [0.2, 0.25) is 11.8 Å².